The van der Waals surface area contributed by atoms with Gasteiger partial charge in [0.1, 0.15) is 30.0 Å². The number of aromatic hydroxyl groups is 1. The molecule has 0 spiro atoms. The SMILES string of the molecule is CCC(C)C(NC(=O)Cc1ccccc1F)C(=O)N[C@]1(C(=O)NC(C(=O)OCc2ccc(OC)c(O)c2)C(C)CC)CCc2[nH]c3c(C(F)(F)F)cccc3c2C1. The van der Waals surface area contributed by atoms with Gasteiger partial charge < -0.3 is 35.5 Å². The van der Waals surface area contributed by atoms with Gasteiger partial charge in [-0.3, -0.25) is 14.4 Å². The number of hydrogen-bond donors (Lipinski definition) is 5. The number of halogens is 4. The lowest BCUT2D eigenvalue weighted by atomic mass is 9.78. The number of methoxy groups -OCH3 is 1. The fourth-order valence-electron chi connectivity index (χ4n) is 7.14. The standard InChI is InChI=1S/C42H48F4N4O7/c1-6-23(3)35(48-34(52)20-26-11-8-9-14-30(26)43)38(53)50-41(18-17-31-28(21-41)27-12-10-13-29(37(27)47-31)42(44,45)46)40(55)49-36(24(4)7-2)39(54)57-22-25-15-16-33(56-5)32(51)19-25/h8-16,19,23-24,35-36,47,51H,6-7,17-18,20-22H2,1-5H3,(H,48,52)(H,49,55)(H,50,53)/t23?,24?,35?,36?,41-/m1/s1. The van der Waals surface area contributed by atoms with Crippen LogP contribution in [-0.4, -0.2) is 58.5 Å². The molecular formula is C42H48F4N4O7. The fourth-order valence-corrected chi connectivity index (χ4v) is 7.14. The van der Waals surface area contributed by atoms with Crippen LogP contribution in [0.15, 0.2) is 60.7 Å². The predicted octanol–water partition coefficient (Wildman–Crippen LogP) is 6.43. The fraction of sp³-hybridized carbons (Fsp3) is 0.429. The number of hydrogen-bond acceptors (Lipinski definition) is 7. The lowest BCUT2D eigenvalue weighted by Gasteiger charge is -2.39. The van der Waals surface area contributed by atoms with Gasteiger partial charge in [0.2, 0.25) is 17.7 Å². The Morgan fingerprint density at radius 1 is 0.947 bits per heavy atom. The van der Waals surface area contributed by atoms with Crippen LogP contribution in [0.4, 0.5) is 17.6 Å². The molecule has 1 aromatic heterocycles. The van der Waals surface area contributed by atoms with E-state index < -0.39 is 70.7 Å². The van der Waals surface area contributed by atoms with Crippen LogP contribution in [0.2, 0.25) is 0 Å². The van der Waals surface area contributed by atoms with Gasteiger partial charge in [-0.1, -0.05) is 76.9 Å². The predicted molar refractivity (Wildman–Crippen MR) is 204 cm³/mol. The highest BCUT2D eigenvalue weighted by Gasteiger charge is 2.47. The first kappa shape index (κ1) is 42.5. The Kier molecular flexibility index (Phi) is 13.2. The van der Waals surface area contributed by atoms with Gasteiger partial charge >= 0.3 is 12.1 Å². The number of aromatic nitrogens is 1. The first-order valence-electron chi connectivity index (χ1n) is 18.9. The van der Waals surface area contributed by atoms with Crippen molar-refractivity contribution in [3.63, 3.8) is 0 Å². The topological polar surface area (TPSA) is 159 Å². The van der Waals surface area contributed by atoms with E-state index in [9.17, 15) is 41.8 Å². The molecule has 0 radical (unpaired) electrons. The normalized spacial score (nSPS) is 17.4. The molecule has 0 fully saturated rings. The Hall–Kier alpha value is -5.60. The Morgan fingerprint density at radius 2 is 1.65 bits per heavy atom. The zero-order valence-electron chi connectivity index (χ0n) is 32.4. The summed E-state index contributed by atoms with van der Waals surface area (Å²) < 4.78 is 67.4. The second kappa shape index (κ2) is 17.7. The molecule has 3 aromatic carbocycles. The average Bonchev–Trinajstić information content (AvgIpc) is 3.55. The Morgan fingerprint density at radius 3 is 2.30 bits per heavy atom. The molecule has 4 aromatic rings. The van der Waals surface area contributed by atoms with Crippen molar-refractivity contribution in [2.75, 3.05) is 7.11 Å². The molecule has 5 rings (SSSR count). The summed E-state index contributed by atoms with van der Waals surface area (Å²) in [7, 11) is 1.39. The van der Waals surface area contributed by atoms with E-state index in [-0.39, 0.29) is 60.3 Å². The summed E-state index contributed by atoms with van der Waals surface area (Å²) in [6, 6.07) is 11.6. The van der Waals surface area contributed by atoms with Crippen LogP contribution < -0.4 is 20.7 Å². The number of amides is 3. The number of phenols is 1. The van der Waals surface area contributed by atoms with Gasteiger partial charge in [0.25, 0.3) is 0 Å². The quantitative estimate of drug-likeness (QED) is 0.0685. The molecule has 0 aliphatic heterocycles. The van der Waals surface area contributed by atoms with E-state index in [1.807, 2.05) is 13.8 Å². The summed E-state index contributed by atoms with van der Waals surface area (Å²) in [5.74, 6) is -4.38. The molecule has 5 atom stereocenters. The van der Waals surface area contributed by atoms with Crippen molar-refractivity contribution >= 4 is 34.6 Å². The van der Waals surface area contributed by atoms with E-state index in [2.05, 4.69) is 20.9 Å². The van der Waals surface area contributed by atoms with Crippen LogP contribution in [0.5, 0.6) is 11.5 Å². The molecule has 1 aliphatic carbocycles. The van der Waals surface area contributed by atoms with Crippen molar-refractivity contribution in [1.29, 1.82) is 0 Å². The third-order valence-corrected chi connectivity index (χ3v) is 10.9. The van der Waals surface area contributed by atoms with Gasteiger partial charge in [0, 0.05) is 17.5 Å². The summed E-state index contributed by atoms with van der Waals surface area (Å²) in [4.78, 5) is 58.9. The third-order valence-electron chi connectivity index (χ3n) is 10.9. The summed E-state index contributed by atoms with van der Waals surface area (Å²) in [6.45, 7) is 6.84. The number of rotatable bonds is 15. The molecule has 0 saturated heterocycles. The van der Waals surface area contributed by atoms with E-state index >= 15 is 0 Å². The monoisotopic (exact) mass is 796 g/mol. The molecule has 3 amide bonds. The van der Waals surface area contributed by atoms with Crippen molar-refractivity contribution in [1.82, 2.24) is 20.9 Å². The van der Waals surface area contributed by atoms with E-state index in [1.54, 1.807) is 26.0 Å². The molecule has 57 heavy (non-hydrogen) atoms. The molecule has 1 heterocycles. The van der Waals surface area contributed by atoms with Crippen molar-refractivity contribution in [2.45, 2.75) is 96.6 Å². The number of phenolic OH excluding ortho intramolecular Hbond substituents is 1. The zero-order chi connectivity index (χ0) is 41.7. The number of alkyl halides is 3. The second-order valence-electron chi connectivity index (χ2n) is 14.7. The van der Waals surface area contributed by atoms with Gasteiger partial charge in [-0.25, -0.2) is 9.18 Å². The first-order valence-corrected chi connectivity index (χ1v) is 18.9. The molecule has 11 nitrogen and oxygen atoms in total. The minimum Gasteiger partial charge on any atom is -0.504 e. The highest BCUT2D eigenvalue weighted by atomic mass is 19.4. The number of esters is 1. The number of fused-ring (bicyclic) bond motifs is 3. The minimum absolute atomic E-state index is 0.0576. The number of nitrogens with one attached hydrogen (secondary N) is 4. The number of ether oxygens (including phenoxy) is 2. The lowest BCUT2D eigenvalue weighted by Crippen LogP contribution is -2.66. The van der Waals surface area contributed by atoms with Crippen LogP contribution >= 0.6 is 0 Å². The Balaban J connectivity index is 1.48. The van der Waals surface area contributed by atoms with Crippen molar-refractivity contribution in [3.05, 3.63) is 94.4 Å². The average molecular weight is 797 g/mol. The smallest absolute Gasteiger partial charge is 0.418 e. The van der Waals surface area contributed by atoms with Crippen LogP contribution in [0, 0.1) is 17.7 Å². The zero-order valence-corrected chi connectivity index (χ0v) is 32.4. The summed E-state index contributed by atoms with van der Waals surface area (Å²) in [5, 5.41) is 18.8. The van der Waals surface area contributed by atoms with Crippen LogP contribution in [0.1, 0.15) is 74.9 Å². The first-order chi connectivity index (χ1) is 27.0. The van der Waals surface area contributed by atoms with Crippen molar-refractivity contribution in [2.24, 2.45) is 11.8 Å². The highest BCUT2D eigenvalue weighted by molar-refractivity contribution is 5.98. The van der Waals surface area contributed by atoms with Crippen molar-refractivity contribution in [3.8, 4) is 11.5 Å². The van der Waals surface area contributed by atoms with E-state index in [4.69, 9.17) is 9.47 Å². The second-order valence-corrected chi connectivity index (χ2v) is 14.7. The molecule has 306 valence electrons. The maximum Gasteiger partial charge on any atom is 0.418 e. The Labute approximate surface area is 327 Å². The molecule has 15 heteroatoms. The largest absolute Gasteiger partial charge is 0.504 e. The number of aromatic amines is 1. The summed E-state index contributed by atoms with van der Waals surface area (Å²) in [5.41, 5.74) is -1.40. The van der Waals surface area contributed by atoms with E-state index in [1.165, 1.54) is 49.6 Å². The molecule has 0 bridgehead atoms. The maximum atomic E-state index is 14.7. The number of carbonyl (C=O) groups excluding carboxylic acids is 4. The molecule has 1 aliphatic rings. The molecule has 0 saturated carbocycles. The van der Waals surface area contributed by atoms with Gasteiger partial charge in [0.05, 0.1) is 24.6 Å². The van der Waals surface area contributed by atoms with Crippen molar-refractivity contribution < 1.29 is 51.3 Å². The molecular weight excluding hydrogens is 748 g/mol. The Bertz CT molecular complexity index is 2120. The number of H-pyrrole nitrogens is 1. The van der Waals surface area contributed by atoms with Gasteiger partial charge in [-0.2, -0.15) is 13.2 Å². The third kappa shape index (κ3) is 9.51. The summed E-state index contributed by atoms with van der Waals surface area (Å²) in [6.07, 6.45) is -4.43. The number of carbonyl (C=O) groups is 4. The molecule has 5 N–H and O–H groups in total. The molecule has 4 unspecified atom stereocenters. The van der Waals surface area contributed by atoms with E-state index in [0.717, 1.165) is 6.07 Å². The maximum absolute atomic E-state index is 14.7. The highest BCUT2D eigenvalue weighted by Crippen LogP contribution is 2.40. The van der Waals surface area contributed by atoms with E-state index in [0.29, 0.717) is 29.7 Å². The van der Waals surface area contributed by atoms with Crippen LogP contribution in [-0.2, 0) is 56.0 Å². The minimum atomic E-state index is -4.67. The van der Waals surface area contributed by atoms with Gasteiger partial charge in [-0.15, -0.1) is 0 Å². The summed E-state index contributed by atoms with van der Waals surface area (Å²) >= 11 is 0. The number of aryl methyl sites for hydroxylation is 1. The van der Waals surface area contributed by atoms with Crippen LogP contribution in [0.25, 0.3) is 10.9 Å². The lowest BCUT2D eigenvalue weighted by molar-refractivity contribution is -0.151. The number of para-hydroxylation sites is 1. The van der Waals surface area contributed by atoms with Gasteiger partial charge in [-0.05, 0) is 65.6 Å². The van der Waals surface area contributed by atoms with Crippen LogP contribution in [0.3, 0.4) is 0 Å². The van der Waals surface area contributed by atoms with Gasteiger partial charge in [0.15, 0.2) is 11.5 Å². The number of benzene rings is 3.